The van der Waals surface area contributed by atoms with Crippen LogP contribution >= 0.6 is 11.6 Å². The predicted octanol–water partition coefficient (Wildman–Crippen LogP) is 3.29. The molecule has 2 bridgehead atoms. The third-order valence-electron chi connectivity index (χ3n) is 4.48. The van der Waals surface area contributed by atoms with E-state index in [1.54, 1.807) is 0 Å². The van der Waals surface area contributed by atoms with E-state index in [4.69, 9.17) is 11.6 Å². The van der Waals surface area contributed by atoms with Gasteiger partial charge in [-0.25, -0.2) is 0 Å². The SMILES string of the molecule is CNCC12CC(c3ccc(C)c(Cl)c3)(C1)C2. The lowest BCUT2D eigenvalue weighted by Gasteiger charge is -2.71. The molecule has 0 heterocycles. The molecular formula is C14H18ClN. The van der Waals surface area contributed by atoms with Gasteiger partial charge in [-0.3, -0.25) is 0 Å². The Bertz CT molecular complexity index is 419. The minimum Gasteiger partial charge on any atom is -0.319 e. The molecule has 1 aromatic carbocycles. The number of rotatable bonds is 3. The Morgan fingerprint density at radius 2 is 2.00 bits per heavy atom. The van der Waals surface area contributed by atoms with E-state index >= 15 is 0 Å². The van der Waals surface area contributed by atoms with Crippen molar-refractivity contribution in [1.82, 2.24) is 5.32 Å². The van der Waals surface area contributed by atoms with Crippen molar-refractivity contribution >= 4 is 11.6 Å². The maximum absolute atomic E-state index is 6.20. The standard InChI is InChI=1S/C14H18ClN/c1-10-3-4-11(5-12(10)15)14-6-13(7-14,8-14)9-16-2/h3-5,16H,6-9H2,1-2H3. The van der Waals surface area contributed by atoms with Crippen molar-refractivity contribution in [3.05, 3.63) is 34.3 Å². The summed E-state index contributed by atoms with van der Waals surface area (Å²) in [7, 11) is 2.05. The lowest BCUT2D eigenvalue weighted by molar-refractivity contribution is -0.137. The number of benzene rings is 1. The molecule has 0 aliphatic heterocycles. The summed E-state index contributed by atoms with van der Waals surface area (Å²) in [6, 6.07) is 6.60. The Labute approximate surface area is 102 Å². The zero-order chi connectivity index (χ0) is 11.4. The molecule has 0 radical (unpaired) electrons. The maximum Gasteiger partial charge on any atom is 0.0438 e. The minimum atomic E-state index is 0.480. The first-order chi connectivity index (χ1) is 7.59. The van der Waals surface area contributed by atoms with Crippen LogP contribution in [0.3, 0.4) is 0 Å². The highest BCUT2D eigenvalue weighted by molar-refractivity contribution is 6.31. The predicted molar refractivity (Wildman–Crippen MR) is 68.1 cm³/mol. The number of halogens is 1. The summed E-state index contributed by atoms with van der Waals surface area (Å²) in [5.74, 6) is 0. The maximum atomic E-state index is 6.20. The smallest absolute Gasteiger partial charge is 0.0438 e. The average Bonchev–Trinajstić information content (AvgIpc) is 2.14. The second-order valence-electron chi connectivity index (χ2n) is 5.80. The zero-order valence-corrected chi connectivity index (χ0v) is 10.7. The van der Waals surface area contributed by atoms with E-state index in [1.165, 1.54) is 36.9 Å². The van der Waals surface area contributed by atoms with E-state index in [9.17, 15) is 0 Å². The molecule has 0 atom stereocenters. The van der Waals surface area contributed by atoms with Crippen LogP contribution in [-0.4, -0.2) is 13.6 Å². The van der Waals surface area contributed by atoms with Crippen molar-refractivity contribution < 1.29 is 0 Å². The van der Waals surface area contributed by atoms with Crippen molar-refractivity contribution in [2.45, 2.75) is 31.6 Å². The van der Waals surface area contributed by atoms with Crippen LogP contribution in [0, 0.1) is 12.3 Å². The number of hydrogen-bond donors (Lipinski definition) is 1. The van der Waals surface area contributed by atoms with Crippen LogP contribution in [0.5, 0.6) is 0 Å². The van der Waals surface area contributed by atoms with Gasteiger partial charge in [-0.15, -0.1) is 0 Å². The van der Waals surface area contributed by atoms with Gasteiger partial charge in [0.25, 0.3) is 0 Å². The Morgan fingerprint density at radius 1 is 1.31 bits per heavy atom. The van der Waals surface area contributed by atoms with Gasteiger partial charge in [0.05, 0.1) is 0 Å². The molecule has 3 aliphatic rings. The van der Waals surface area contributed by atoms with Crippen LogP contribution in [-0.2, 0) is 5.41 Å². The molecule has 3 fully saturated rings. The number of nitrogens with one attached hydrogen (secondary N) is 1. The van der Waals surface area contributed by atoms with Gasteiger partial charge in [0.2, 0.25) is 0 Å². The van der Waals surface area contributed by atoms with Crippen molar-refractivity contribution in [3.8, 4) is 0 Å². The van der Waals surface area contributed by atoms with Gasteiger partial charge >= 0.3 is 0 Å². The van der Waals surface area contributed by atoms with Gasteiger partial charge < -0.3 is 5.32 Å². The zero-order valence-electron chi connectivity index (χ0n) is 9.94. The van der Waals surface area contributed by atoms with Crippen molar-refractivity contribution in [2.75, 3.05) is 13.6 Å². The molecule has 1 N–H and O–H groups in total. The fourth-order valence-electron chi connectivity index (χ4n) is 3.79. The molecule has 3 aliphatic carbocycles. The lowest BCUT2D eigenvalue weighted by Crippen LogP contribution is -2.67. The molecular weight excluding hydrogens is 218 g/mol. The van der Waals surface area contributed by atoms with E-state index in [-0.39, 0.29) is 0 Å². The normalized spacial score (nSPS) is 35.4. The summed E-state index contributed by atoms with van der Waals surface area (Å²) < 4.78 is 0. The molecule has 2 heteroatoms. The highest BCUT2D eigenvalue weighted by Crippen LogP contribution is 2.73. The van der Waals surface area contributed by atoms with Crippen LogP contribution in [0.2, 0.25) is 5.02 Å². The molecule has 0 aromatic heterocycles. The fourth-order valence-corrected chi connectivity index (χ4v) is 3.97. The van der Waals surface area contributed by atoms with Gasteiger partial charge in [-0.1, -0.05) is 23.7 Å². The third kappa shape index (κ3) is 1.28. The van der Waals surface area contributed by atoms with E-state index < -0.39 is 0 Å². The van der Waals surface area contributed by atoms with Crippen LogP contribution in [0.1, 0.15) is 30.4 Å². The van der Waals surface area contributed by atoms with Gasteiger partial charge in [0.1, 0.15) is 0 Å². The Morgan fingerprint density at radius 3 is 2.56 bits per heavy atom. The Balaban J connectivity index is 1.80. The van der Waals surface area contributed by atoms with E-state index in [0.29, 0.717) is 10.8 Å². The first-order valence-electron chi connectivity index (χ1n) is 6.01. The molecule has 0 unspecified atom stereocenters. The second kappa shape index (κ2) is 3.24. The van der Waals surface area contributed by atoms with Crippen LogP contribution in [0.15, 0.2) is 18.2 Å². The quantitative estimate of drug-likeness (QED) is 0.848. The summed E-state index contributed by atoms with van der Waals surface area (Å²) in [6.07, 6.45) is 4.04. The third-order valence-corrected chi connectivity index (χ3v) is 4.88. The molecule has 1 aromatic rings. The summed E-state index contributed by atoms with van der Waals surface area (Å²) in [4.78, 5) is 0. The average molecular weight is 236 g/mol. The van der Waals surface area contributed by atoms with Crippen LogP contribution in [0.4, 0.5) is 0 Å². The van der Waals surface area contributed by atoms with E-state index in [2.05, 4.69) is 37.5 Å². The first-order valence-corrected chi connectivity index (χ1v) is 6.38. The highest BCUT2D eigenvalue weighted by atomic mass is 35.5. The van der Waals surface area contributed by atoms with E-state index in [0.717, 1.165) is 5.02 Å². The fraction of sp³-hybridized carbons (Fsp3) is 0.571. The molecule has 1 nitrogen and oxygen atoms in total. The Hall–Kier alpha value is -0.530. The summed E-state index contributed by atoms with van der Waals surface area (Å²) in [5.41, 5.74) is 3.74. The van der Waals surface area contributed by atoms with Crippen molar-refractivity contribution in [1.29, 1.82) is 0 Å². The van der Waals surface area contributed by atoms with Gasteiger partial charge in [0.15, 0.2) is 0 Å². The van der Waals surface area contributed by atoms with Crippen LogP contribution in [0.25, 0.3) is 0 Å². The lowest BCUT2D eigenvalue weighted by atomic mass is 9.33. The highest BCUT2D eigenvalue weighted by Gasteiger charge is 2.67. The molecule has 16 heavy (non-hydrogen) atoms. The summed E-state index contributed by atoms with van der Waals surface area (Å²) in [5, 5.41) is 4.23. The molecule has 4 rings (SSSR count). The largest absolute Gasteiger partial charge is 0.319 e. The molecule has 3 saturated carbocycles. The second-order valence-corrected chi connectivity index (χ2v) is 6.21. The minimum absolute atomic E-state index is 0.480. The number of aryl methyl sites for hydroxylation is 1. The summed E-state index contributed by atoms with van der Waals surface area (Å²) in [6.45, 7) is 3.24. The number of hydrogen-bond acceptors (Lipinski definition) is 1. The monoisotopic (exact) mass is 235 g/mol. The molecule has 0 saturated heterocycles. The molecule has 0 amide bonds. The van der Waals surface area contributed by atoms with Crippen molar-refractivity contribution in [3.63, 3.8) is 0 Å². The topological polar surface area (TPSA) is 12.0 Å². The van der Waals surface area contributed by atoms with Gasteiger partial charge in [-0.05, 0) is 61.3 Å². The van der Waals surface area contributed by atoms with Crippen molar-refractivity contribution in [2.24, 2.45) is 5.41 Å². The summed E-state index contributed by atoms with van der Waals surface area (Å²) >= 11 is 6.20. The molecule has 86 valence electrons. The Kier molecular flexibility index (Phi) is 2.15. The van der Waals surface area contributed by atoms with Gasteiger partial charge in [0, 0.05) is 11.6 Å². The van der Waals surface area contributed by atoms with Gasteiger partial charge in [-0.2, -0.15) is 0 Å². The van der Waals surface area contributed by atoms with Crippen LogP contribution < -0.4 is 5.32 Å². The van der Waals surface area contributed by atoms with E-state index in [1.807, 2.05) is 0 Å². The molecule has 0 spiro atoms. The first kappa shape index (κ1) is 10.6.